The first-order valence-electron chi connectivity index (χ1n) is 18.7. The van der Waals surface area contributed by atoms with Crippen LogP contribution < -0.4 is 4.90 Å². The van der Waals surface area contributed by atoms with Gasteiger partial charge in [-0.25, -0.2) is 0 Å². The molecule has 55 heavy (non-hydrogen) atoms. The average Bonchev–Trinajstić information content (AvgIpc) is 3.82. The maximum absolute atomic E-state index is 6.44. The Labute approximate surface area is 322 Å². The van der Waals surface area contributed by atoms with Gasteiger partial charge < -0.3 is 9.32 Å². The Morgan fingerprint density at radius 1 is 0.364 bits per heavy atom. The van der Waals surface area contributed by atoms with Crippen LogP contribution in [0.25, 0.3) is 86.3 Å². The molecular formula is C52H33NOS. The van der Waals surface area contributed by atoms with E-state index in [1.54, 1.807) is 0 Å². The summed E-state index contributed by atoms with van der Waals surface area (Å²) >= 11 is 1.85. The standard InChI is InChI=1S/C52H33NOS/c1-2-16-40-34(12-1)13-10-20-41(40)36-14-9-15-37(32-36)42-17-3-6-23-48(42)53(39-30-31-51-47(33-39)45-19-5-8-25-50(45)55-51)38-28-26-35(27-29-38)43-21-11-22-46-44-18-4-7-24-49(44)54-52(43)46/h1-33H. The molecule has 0 atom stereocenters. The molecule has 0 bridgehead atoms. The van der Waals surface area contributed by atoms with Crippen LogP contribution in [0, 0.1) is 0 Å². The fourth-order valence-corrected chi connectivity index (χ4v) is 9.38. The predicted octanol–water partition coefficient (Wildman–Crippen LogP) is 15.6. The Morgan fingerprint density at radius 3 is 1.89 bits per heavy atom. The molecule has 0 aliphatic carbocycles. The van der Waals surface area contributed by atoms with Gasteiger partial charge in [0, 0.05) is 53.4 Å². The van der Waals surface area contributed by atoms with E-state index < -0.39 is 0 Å². The lowest BCUT2D eigenvalue weighted by atomic mass is 9.94. The van der Waals surface area contributed by atoms with Crippen molar-refractivity contribution < 1.29 is 4.42 Å². The molecule has 0 spiro atoms. The van der Waals surface area contributed by atoms with Crippen molar-refractivity contribution in [1.29, 1.82) is 0 Å². The molecule has 11 rings (SSSR count). The molecule has 0 amide bonds. The second-order valence-corrected chi connectivity index (χ2v) is 15.1. The third kappa shape index (κ3) is 5.32. The summed E-state index contributed by atoms with van der Waals surface area (Å²) in [5.74, 6) is 0. The van der Waals surface area contributed by atoms with E-state index in [0.717, 1.165) is 55.7 Å². The van der Waals surface area contributed by atoms with Crippen LogP contribution >= 0.6 is 11.3 Å². The first-order valence-corrected chi connectivity index (χ1v) is 19.5. The van der Waals surface area contributed by atoms with Crippen molar-refractivity contribution in [3.05, 3.63) is 200 Å². The third-order valence-corrected chi connectivity index (χ3v) is 12.0. The molecule has 0 radical (unpaired) electrons. The van der Waals surface area contributed by atoms with Crippen molar-refractivity contribution in [1.82, 2.24) is 0 Å². The van der Waals surface area contributed by atoms with Gasteiger partial charge in [-0.1, -0.05) is 146 Å². The molecule has 0 unspecified atom stereocenters. The monoisotopic (exact) mass is 719 g/mol. The van der Waals surface area contributed by atoms with Crippen molar-refractivity contribution >= 4 is 81.3 Å². The number of para-hydroxylation sites is 3. The molecule has 2 heterocycles. The lowest BCUT2D eigenvalue weighted by Gasteiger charge is -2.28. The Bertz CT molecular complexity index is 3220. The highest BCUT2D eigenvalue weighted by atomic mass is 32.1. The SMILES string of the molecule is c1cc(-c2ccccc2N(c2ccc(-c3cccc4c3oc3ccccc34)cc2)c2ccc3sc4ccccc4c3c2)cc(-c2cccc3ccccc23)c1. The Balaban J connectivity index is 1.08. The van der Waals surface area contributed by atoms with Gasteiger partial charge in [0.15, 0.2) is 0 Å². The lowest BCUT2D eigenvalue weighted by Crippen LogP contribution is -2.11. The summed E-state index contributed by atoms with van der Waals surface area (Å²) in [7, 11) is 0. The maximum Gasteiger partial charge on any atom is 0.143 e. The summed E-state index contributed by atoms with van der Waals surface area (Å²) in [6.07, 6.45) is 0. The smallest absolute Gasteiger partial charge is 0.143 e. The van der Waals surface area contributed by atoms with Crippen molar-refractivity contribution in [2.45, 2.75) is 0 Å². The molecule has 3 heteroatoms. The van der Waals surface area contributed by atoms with Gasteiger partial charge in [-0.05, 0) is 87.6 Å². The number of nitrogens with zero attached hydrogens (tertiary/aromatic N) is 1. The average molecular weight is 720 g/mol. The van der Waals surface area contributed by atoms with Gasteiger partial charge in [-0.15, -0.1) is 11.3 Å². The predicted molar refractivity (Wildman–Crippen MR) is 235 cm³/mol. The molecule has 0 N–H and O–H groups in total. The largest absolute Gasteiger partial charge is 0.455 e. The van der Waals surface area contributed by atoms with Gasteiger partial charge in [0.25, 0.3) is 0 Å². The fourth-order valence-electron chi connectivity index (χ4n) is 8.29. The fraction of sp³-hybridized carbons (Fsp3) is 0. The third-order valence-electron chi connectivity index (χ3n) is 10.9. The molecule has 0 aliphatic heterocycles. The maximum atomic E-state index is 6.44. The van der Waals surface area contributed by atoms with E-state index in [9.17, 15) is 0 Å². The minimum atomic E-state index is 0.908. The minimum absolute atomic E-state index is 0.908. The molecule has 0 saturated heterocycles. The van der Waals surface area contributed by atoms with E-state index in [0.29, 0.717) is 0 Å². The number of thiophene rings is 1. The van der Waals surface area contributed by atoms with E-state index in [2.05, 4.69) is 193 Å². The highest BCUT2D eigenvalue weighted by Crippen LogP contribution is 2.45. The van der Waals surface area contributed by atoms with Crippen LogP contribution in [0.4, 0.5) is 17.1 Å². The molecule has 2 aromatic heterocycles. The second-order valence-electron chi connectivity index (χ2n) is 14.1. The van der Waals surface area contributed by atoms with E-state index in [-0.39, 0.29) is 0 Å². The van der Waals surface area contributed by atoms with Crippen LogP contribution in [-0.2, 0) is 0 Å². The number of fused-ring (bicyclic) bond motifs is 7. The second kappa shape index (κ2) is 12.9. The topological polar surface area (TPSA) is 16.4 Å². The molecule has 0 fully saturated rings. The zero-order chi connectivity index (χ0) is 36.3. The summed E-state index contributed by atoms with van der Waals surface area (Å²) in [5, 5.41) is 7.33. The first kappa shape index (κ1) is 31.6. The number of anilines is 3. The molecule has 0 saturated carbocycles. The van der Waals surface area contributed by atoms with Crippen LogP contribution in [-0.4, -0.2) is 0 Å². The van der Waals surface area contributed by atoms with Gasteiger partial charge in [-0.3, -0.25) is 0 Å². The highest BCUT2D eigenvalue weighted by Gasteiger charge is 2.20. The van der Waals surface area contributed by atoms with Crippen LogP contribution in [0.15, 0.2) is 205 Å². The van der Waals surface area contributed by atoms with Crippen LogP contribution in [0.1, 0.15) is 0 Å². The van der Waals surface area contributed by atoms with Gasteiger partial charge in [0.1, 0.15) is 11.2 Å². The Kier molecular flexibility index (Phi) is 7.39. The van der Waals surface area contributed by atoms with Crippen LogP contribution in [0.3, 0.4) is 0 Å². The summed E-state index contributed by atoms with van der Waals surface area (Å²) < 4.78 is 9.03. The molecule has 0 aliphatic rings. The zero-order valence-corrected chi connectivity index (χ0v) is 30.6. The summed E-state index contributed by atoms with van der Waals surface area (Å²) in [4.78, 5) is 2.41. The molecular weight excluding hydrogens is 687 g/mol. The van der Waals surface area contributed by atoms with Gasteiger partial charge in [0.2, 0.25) is 0 Å². The van der Waals surface area contributed by atoms with Crippen molar-refractivity contribution in [3.8, 4) is 33.4 Å². The number of rotatable bonds is 6. The van der Waals surface area contributed by atoms with Crippen molar-refractivity contribution in [3.63, 3.8) is 0 Å². The van der Waals surface area contributed by atoms with Gasteiger partial charge in [-0.2, -0.15) is 0 Å². The quantitative estimate of drug-likeness (QED) is 0.170. The van der Waals surface area contributed by atoms with Crippen molar-refractivity contribution in [2.24, 2.45) is 0 Å². The minimum Gasteiger partial charge on any atom is -0.455 e. The highest BCUT2D eigenvalue weighted by molar-refractivity contribution is 7.25. The summed E-state index contributed by atoms with van der Waals surface area (Å²) in [6, 6.07) is 72.3. The van der Waals surface area contributed by atoms with E-state index >= 15 is 0 Å². The molecule has 2 nitrogen and oxygen atoms in total. The van der Waals surface area contributed by atoms with Crippen LogP contribution in [0.2, 0.25) is 0 Å². The molecule has 258 valence electrons. The summed E-state index contributed by atoms with van der Waals surface area (Å²) in [6.45, 7) is 0. The first-order chi connectivity index (χ1) is 27.3. The lowest BCUT2D eigenvalue weighted by molar-refractivity contribution is 0.670. The summed E-state index contributed by atoms with van der Waals surface area (Å²) in [5.41, 5.74) is 12.1. The zero-order valence-electron chi connectivity index (χ0n) is 29.8. The number of benzene rings is 9. The van der Waals surface area contributed by atoms with Crippen molar-refractivity contribution in [2.75, 3.05) is 4.90 Å². The number of hydrogen-bond donors (Lipinski definition) is 0. The molecule has 9 aromatic carbocycles. The Morgan fingerprint density at radius 2 is 0.982 bits per heavy atom. The van der Waals surface area contributed by atoms with E-state index in [1.807, 2.05) is 23.5 Å². The number of furan rings is 1. The van der Waals surface area contributed by atoms with E-state index in [4.69, 9.17) is 4.42 Å². The number of hydrogen-bond acceptors (Lipinski definition) is 3. The van der Waals surface area contributed by atoms with Gasteiger partial charge >= 0.3 is 0 Å². The van der Waals surface area contributed by atoms with E-state index in [1.165, 1.54) is 47.6 Å². The van der Waals surface area contributed by atoms with Gasteiger partial charge in [0.05, 0.1) is 5.69 Å². The van der Waals surface area contributed by atoms with Crippen LogP contribution in [0.5, 0.6) is 0 Å². The molecule has 11 aromatic rings. The normalized spacial score (nSPS) is 11.6. The Hall–Kier alpha value is -6.94.